The molecule has 0 radical (unpaired) electrons. The van der Waals surface area contributed by atoms with Crippen molar-refractivity contribution >= 4 is 23.8 Å². The van der Waals surface area contributed by atoms with E-state index in [9.17, 15) is 8.78 Å². The van der Waals surface area contributed by atoms with Gasteiger partial charge in [-0.15, -0.1) is 0 Å². The van der Waals surface area contributed by atoms with Crippen LogP contribution in [0.15, 0.2) is 34.5 Å². The van der Waals surface area contributed by atoms with E-state index >= 15 is 0 Å². The molecule has 8 heteroatoms. The summed E-state index contributed by atoms with van der Waals surface area (Å²) in [6.07, 6.45) is 1.49. The zero-order valence-electron chi connectivity index (χ0n) is 15.9. The third-order valence-corrected chi connectivity index (χ3v) is 4.78. The van der Waals surface area contributed by atoms with Crippen LogP contribution < -0.4 is 4.74 Å². The van der Waals surface area contributed by atoms with E-state index in [1.165, 1.54) is 17.8 Å². The van der Waals surface area contributed by atoms with Gasteiger partial charge in [0.25, 0.3) is 6.43 Å². The van der Waals surface area contributed by atoms with Crippen LogP contribution in [-0.2, 0) is 0 Å². The number of hydrogen-bond acceptors (Lipinski definition) is 5. The summed E-state index contributed by atoms with van der Waals surface area (Å²) in [6, 6.07) is 4.49. The highest BCUT2D eigenvalue weighted by molar-refractivity contribution is 7.99. The molecule has 0 aliphatic carbocycles. The number of hydrogen-bond donors (Lipinski definition) is 0. The lowest BCUT2D eigenvalue weighted by molar-refractivity contribution is 0.148. The molecule has 0 saturated heterocycles. The topological polar surface area (TPSA) is 50.6 Å². The van der Waals surface area contributed by atoms with Crippen molar-refractivity contribution in [2.45, 2.75) is 38.8 Å². The molecule has 27 heavy (non-hydrogen) atoms. The predicted molar refractivity (Wildman–Crippen MR) is 106 cm³/mol. The van der Waals surface area contributed by atoms with Crippen molar-refractivity contribution in [1.29, 1.82) is 0 Å². The molecule has 0 unspecified atom stereocenters. The highest BCUT2D eigenvalue weighted by Crippen LogP contribution is 2.37. The molecular weight excluding hydrogens is 370 g/mol. The van der Waals surface area contributed by atoms with Gasteiger partial charge in [0.1, 0.15) is 5.75 Å². The first-order valence-electron chi connectivity index (χ1n) is 8.75. The molecule has 5 nitrogen and oxygen atoms in total. The molecule has 0 aliphatic heterocycles. The minimum atomic E-state index is -2.69. The maximum atomic E-state index is 13.6. The van der Waals surface area contributed by atoms with Gasteiger partial charge in [-0.1, -0.05) is 18.7 Å². The Morgan fingerprint density at radius 2 is 2.11 bits per heavy atom. The fourth-order valence-corrected chi connectivity index (χ4v) is 2.76. The molecule has 0 bridgehead atoms. The number of rotatable bonds is 9. The zero-order chi connectivity index (χ0) is 19.8. The van der Waals surface area contributed by atoms with Crippen LogP contribution >= 0.6 is 11.8 Å². The van der Waals surface area contributed by atoms with Gasteiger partial charge in [-0.3, -0.25) is 0 Å². The van der Waals surface area contributed by atoms with Crippen molar-refractivity contribution in [2.24, 2.45) is 4.99 Å². The first-order valence-corrected chi connectivity index (χ1v) is 9.74. The van der Waals surface area contributed by atoms with E-state index in [1.54, 1.807) is 24.7 Å². The molecule has 0 N–H and O–H groups in total. The van der Waals surface area contributed by atoms with E-state index in [1.807, 2.05) is 25.8 Å². The SMILES string of the molecule is CCCSc1nccc(Oc2cc(C)c(N=CN(C)CC)cc2C(F)F)n1. The van der Waals surface area contributed by atoms with Gasteiger partial charge in [0, 0.05) is 31.6 Å². The van der Waals surface area contributed by atoms with Crippen LogP contribution in [0.25, 0.3) is 0 Å². The summed E-state index contributed by atoms with van der Waals surface area (Å²) in [7, 11) is 1.87. The van der Waals surface area contributed by atoms with Crippen LogP contribution in [0.3, 0.4) is 0 Å². The molecular formula is C19H24F2N4OS. The summed E-state index contributed by atoms with van der Waals surface area (Å²) in [5.74, 6) is 1.20. The van der Waals surface area contributed by atoms with E-state index in [0.717, 1.165) is 24.3 Å². The van der Waals surface area contributed by atoms with Crippen LogP contribution in [0.5, 0.6) is 11.6 Å². The second-order valence-electron chi connectivity index (χ2n) is 5.92. The van der Waals surface area contributed by atoms with E-state index < -0.39 is 6.43 Å². The summed E-state index contributed by atoms with van der Waals surface area (Å²) in [5.41, 5.74) is 1.01. The highest BCUT2D eigenvalue weighted by Gasteiger charge is 2.18. The average molecular weight is 394 g/mol. The van der Waals surface area contributed by atoms with Crippen molar-refractivity contribution in [2.75, 3.05) is 19.3 Å². The predicted octanol–water partition coefficient (Wildman–Crippen LogP) is 5.63. The van der Waals surface area contributed by atoms with Crippen LogP contribution in [0.1, 0.15) is 37.8 Å². The Kier molecular flexibility index (Phi) is 7.97. The molecule has 1 aromatic heterocycles. The molecule has 1 aromatic carbocycles. The highest BCUT2D eigenvalue weighted by atomic mass is 32.2. The van der Waals surface area contributed by atoms with E-state index in [0.29, 0.717) is 10.8 Å². The molecule has 2 aromatic rings. The van der Waals surface area contributed by atoms with Gasteiger partial charge in [0.15, 0.2) is 5.16 Å². The molecule has 2 rings (SSSR count). The zero-order valence-corrected chi connectivity index (χ0v) is 16.8. The number of aryl methyl sites for hydroxylation is 1. The normalized spacial score (nSPS) is 11.4. The van der Waals surface area contributed by atoms with E-state index in [4.69, 9.17) is 4.74 Å². The molecule has 0 atom stereocenters. The van der Waals surface area contributed by atoms with Crippen LogP contribution in [0, 0.1) is 6.92 Å². The van der Waals surface area contributed by atoms with Gasteiger partial charge in [-0.05, 0) is 38.0 Å². The molecule has 1 heterocycles. The lowest BCUT2D eigenvalue weighted by atomic mass is 10.1. The molecule has 0 amide bonds. The first-order chi connectivity index (χ1) is 12.9. The Hall–Kier alpha value is -2.22. The van der Waals surface area contributed by atoms with Crippen LogP contribution in [-0.4, -0.2) is 40.6 Å². The molecule has 0 saturated carbocycles. The Bertz CT molecular complexity index is 786. The standard InChI is InChI=1S/C19H24F2N4OS/c1-5-9-27-19-22-8-7-17(24-19)26-16-10-13(3)15(11-14(16)18(20)21)23-12-25(4)6-2/h7-8,10-12,18H,5-6,9H2,1-4H3. The van der Waals surface area contributed by atoms with Gasteiger partial charge < -0.3 is 9.64 Å². The number of alkyl halides is 2. The van der Waals surface area contributed by atoms with Crippen molar-refractivity contribution < 1.29 is 13.5 Å². The number of halogens is 2. The Morgan fingerprint density at radius 3 is 2.78 bits per heavy atom. The monoisotopic (exact) mass is 394 g/mol. The smallest absolute Gasteiger partial charge is 0.267 e. The number of ether oxygens (including phenoxy) is 1. The maximum absolute atomic E-state index is 13.6. The van der Waals surface area contributed by atoms with Gasteiger partial charge in [0.05, 0.1) is 17.6 Å². The van der Waals surface area contributed by atoms with Gasteiger partial charge in [0.2, 0.25) is 5.88 Å². The average Bonchev–Trinajstić information content (AvgIpc) is 2.65. The molecule has 0 aliphatic rings. The Morgan fingerprint density at radius 1 is 1.33 bits per heavy atom. The summed E-state index contributed by atoms with van der Waals surface area (Å²) in [4.78, 5) is 14.6. The maximum Gasteiger partial charge on any atom is 0.267 e. The minimum absolute atomic E-state index is 0.0791. The van der Waals surface area contributed by atoms with Gasteiger partial charge >= 0.3 is 0 Å². The van der Waals surface area contributed by atoms with Crippen LogP contribution in [0.4, 0.5) is 14.5 Å². The fourth-order valence-electron chi connectivity index (χ4n) is 2.08. The second kappa shape index (κ2) is 10.2. The van der Waals surface area contributed by atoms with Gasteiger partial charge in [-0.2, -0.15) is 4.98 Å². The third-order valence-electron chi connectivity index (χ3n) is 3.71. The fraction of sp³-hybridized carbons (Fsp3) is 0.421. The van der Waals surface area contributed by atoms with Crippen molar-refractivity contribution in [3.8, 4) is 11.6 Å². The lowest BCUT2D eigenvalue weighted by Gasteiger charge is -2.14. The number of benzene rings is 1. The number of thioether (sulfide) groups is 1. The molecule has 0 fully saturated rings. The van der Waals surface area contributed by atoms with Crippen molar-refractivity contribution in [1.82, 2.24) is 14.9 Å². The largest absolute Gasteiger partial charge is 0.438 e. The number of nitrogens with zero attached hydrogens (tertiary/aromatic N) is 4. The number of aliphatic imine (C=N–C) groups is 1. The quantitative estimate of drug-likeness (QED) is 0.239. The Balaban J connectivity index is 2.31. The summed E-state index contributed by atoms with van der Waals surface area (Å²) >= 11 is 1.50. The van der Waals surface area contributed by atoms with Crippen molar-refractivity contribution in [3.63, 3.8) is 0 Å². The van der Waals surface area contributed by atoms with Crippen molar-refractivity contribution in [3.05, 3.63) is 35.5 Å². The number of aromatic nitrogens is 2. The second-order valence-corrected chi connectivity index (χ2v) is 6.99. The first kappa shape index (κ1) is 21.1. The Labute approximate surface area is 162 Å². The third kappa shape index (κ3) is 6.16. The lowest BCUT2D eigenvalue weighted by Crippen LogP contribution is -2.14. The van der Waals surface area contributed by atoms with Crippen LogP contribution in [0.2, 0.25) is 0 Å². The summed E-state index contributed by atoms with van der Waals surface area (Å²) in [5, 5.41) is 0.563. The summed E-state index contributed by atoms with van der Waals surface area (Å²) < 4.78 is 32.8. The van der Waals surface area contributed by atoms with E-state index in [2.05, 4.69) is 21.9 Å². The summed E-state index contributed by atoms with van der Waals surface area (Å²) in [6.45, 7) is 6.63. The molecule has 146 valence electrons. The van der Waals surface area contributed by atoms with Gasteiger partial charge in [-0.25, -0.2) is 18.8 Å². The minimum Gasteiger partial charge on any atom is -0.438 e. The molecule has 0 spiro atoms. The van der Waals surface area contributed by atoms with E-state index in [-0.39, 0.29) is 17.2 Å².